The molecule has 1 saturated heterocycles. The second-order valence-electron chi connectivity index (χ2n) is 14.7. The molecule has 7 nitrogen and oxygen atoms in total. The summed E-state index contributed by atoms with van der Waals surface area (Å²) in [5, 5.41) is 4.72. The van der Waals surface area contributed by atoms with E-state index in [4.69, 9.17) is 30.3 Å². The third-order valence-electron chi connectivity index (χ3n) is 11.0. The first-order valence-corrected chi connectivity index (χ1v) is 18.5. The van der Waals surface area contributed by atoms with Crippen LogP contribution in [0.2, 0.25) is 5.28 Å². The van der Waals surface area contributed by atoms with Crippen molar-refractivity contribution in [2.24, 2.45) is 0 Å². The largest absolute Gasteiger partial charge is 0.494 e. The first-order chi connectivity index (χ1) is 26.2. The quantitative estimate of drug-likeness (QED) is 0.159. The summed E-state index contributed by atoms with van der Waals surface area (Å²) < 4.78 is 22.4. The molecule has 0 saturated carbocycles. The van der Waals surface area contributed by atoms with E-state index in [1.807, 2.05) is 48.5 Å². The number of benzene rings is 6. The Morgan fingerprint density at radius 3 is 1.96 bits per heavy atom. The number of rotatable bonds is 6. The third-order valence-corrected chi connectivity index (χ3v) is 11.2. The summed E-state index contributed by atoms with van der Waals surface area (Å²) in [7, 11) is -0.567. The molecule has 10 rings (SSSR count). The number of aromatic nitrogens is 4. The molecule has 3 aromatic heterocycles. The smallest absolute Gasteiger partial charge is 0.456 e. The van der Waals surface area contributed by atoms with Crippen LogP contribution in [0.25, 0.3) is 72.2 Å². The van der Waals surface area contributed by atoms with Crippen LogP contribution in [0.3, 0.4) is 0 Å². The predicted octanol–water partition coefficient (Wildman–Crippen LogP) is 10.4. The minimum Gasteiger partial charge on any atom is -0.456 e. The van der Waals surface area contributed by atoms with Crippen molar-refractivity contribution in [3.05, 3.63) is 150 Å². The third kappa shape index (κ3) is 5.32. The Labute approximate surface area is 317 Å². The van der Waals surface area contributed by atoms with Crippen LogP contribution in [0.4, 0.5) is 0 Å². The zero-order valence-corrected chi connectivity index (χ0v) is 30.7. The van der Waals surface area contributed by atoms with Gasteiger partial charge in [0.2, 0.25) is 5.28 Å². The first kappa shape index (κ1) is 32.8. The fourth-order valence-corrected chi connectivity index (χ4v) is 8.04. The molecule has 1 aliphatic rings. The molecule has 1 fully saturated rings. The molecule has 4 heterocycles. The summed E-state index contributed by atoms with van der Waals surface area (Å²) in [6.07, 6.45) is 0.638. The predicted molar refractivity (Wildman–Crippen MR) is 218 cm³/mol. The van der Waals surface area contributed by atoms with Gasteiger partial charge in [0.1, 0.15) is 11.2 Å². The first-order valence-electron chi connectivity index (χ1n) is 18.1. The highest BCUT2D eigenvalue weighted by Gasteiger charge is 2.54. The molecule has 9 heteroatoms. The fraction of sp³-hybridized carbons (Fsp3) is 0.133. The second-order valence-corrected chi connectivity index (χ2v) is 15.0. The van der Waals surface area contributed by atoms with E-state index < -0.39 is 18.3 Å². The van der Waals surface area contributed by atoms with E-state index in [1.54, 1.807) is 0 Å². The average molecular weight is 725 g/mol. The van der Waals surface area contributed by atoms with E-state index in [9.17, 15) is 0 Å². The summed E-state index contributed by atoms with van der Waals surface area (Å²) in [6.45, 7) is 6.31. The molecule has 0 aliphatic carbocycles. The minimum atomic E-state index is -0.622. The molecular formula is C45H34BClN4O3. The van der Waals surface area contributed by atoms with Crippen molar-refractivity contribution in [2.45, 2.75) is 38.4 Å². The van der Waals surface area contributed by atoms with Crippen LogP contribution in [0.15, 0.2) is 144 Å². The number of hydrogen-bond acceptors (Lipinski definition) is 6. The summed E-state index contributed by atoms with van der Waals surface area (Å²) in [5.74, 6) is 1.06. The Bertz CT molecular complexity index is 2840. The molecule has 1 aliphatic heterocycles. The summed E-state index contributed by atoms with van der Waals surface area (Å²) in [5.41, 5.74) is 7.57. The van der Waals surface area contributed by atoms with Gasteiger partial charge in [0.15, 0.2) is 11.6 Å². The maximum atomic E-state index is 6.83. The highest BCUT2D eigenvalue weighted by Crippen LogP contribution is 2.41. The molecule has 54 heavy (non-hydrogen) atoms. The van der Waals surface area contributed by atoms with E-state index >= 15 is 0 Å². The summed E-state index contributed by atoms with van der Waals surface area (Å²) >= 11 is 6.33. The van der Waals surface area contributed by atoms with Gasteiger partial charge in [-0.05, 0) is 73.7 Å². The molecule has 0 N–H and O–H groups in total. The van der Waals surface area contributed by atoms with Crippen molar-refractivity contribution in [1.82, 2.24) is 19.5 Å². The van der Waals surface area contributed by atoms with Crippen LogP contribution in [0.5, 0.6) is 0 Å². The van der Waals surface area contributed by atoms with E-state index in [0.717, 1.165) is 60.8 Å². The summed E-state index contributed by atoms with van der Waals surface area (Å²) in [4.78, 5) is 13.5. The molecule has 0 radical (unpaired) electrons. The van der Waals surface area contributed by atoms with Crippen molar-refractivity contribution in [3.63, 3.8) is 0 Å². The number of hydrogen-bond donors (Lipinski definition) is 0. The Morgan fingerprint density at radius 1 is 0.611 bits per heavy atom. The Morgan fingerprint density at radius 2 is 1.26 bits per heavy atom. The van der Waals surface area contributed by atoms with E-state index in [0.29, 0.717) is 18.1 Å². The van der Waals surface area contributed by atoms with Crippen LogP contribution in [-0.2, 0) is 15.7 Å². The Hall–Kier alpha value is -5.80. The highest BCUT2D eigenvalue weighted by atomic mass is 35.5. The van der Waals surface area contributed by atoms with Gasteiger partial charge in [-0.25, -0.2) is 4.98 Å². The lowest BCUT2D eigenvalue weighted by atomic mass is 9.78. The standard InChI is InChI=1S/C45H34BClN4O3/c1-44(2)45(3,27-28-20-22-30(23-21-28)42-48-41(49-43(47)50-42)29-12-5-4-6-13-29)54-46(53-44)31-24-25-34-39(26-31)52-38-19-11-18-37(40(34)38)51-35-16-9-7-14-32(35)33-15-8-10-17-36(33)51/h4-26H,27H2,1-3H3. The van der Waals surface area contributed by atoms with Crippen LogP contribution in [0, 0.1) is 0 Å². The van der Waals surface area contributed by atoms with Gasteiger partial charge in [-0.1, -0.05) is 109 Å². The zero-order valence-electron chi connectivity index (χ0n) is 30.0. The van der Waals surface area contributed by atoms with Gasteiger partial charge in [0.25, 0.3) is 0 Å². The molecule has 262 valence electrons. The monoisotopic (exact) mass is 724 g/mol. The van der Waals surface area contributed by atoms with Crippen LogP contribution < -0.4 is 5.46 Å². The number of fused-ring (bicyclic) bond motifs is 6. The number of para-hydroxylation sites is 2. The van der Waals surface area contributed by atoms with Crippen molar-refractivity contribution >= 4 is 67.9 Å². The average Bonchev–Trinajstić information content (AvgIpc) is 3.81. The van der Waals surface area contributed by atoms with Crippen LogP contribution >= 0.6 is 11.6 Å². The minimum absolute atomic E-state index is 0.157. The molecular weight excluding hydrogens is 691 g/mol. The number of furan rings is 1. The van der Waals surface area contributed by atoms with Crippen molar-refractivity contribution in [2.75, 3.05) is 0 Å². The maximum absolute atomic E-state index is 6.83. The number of halogens is 1. The second kappa shape index (κ2) is 12.4. The number of nitrogens with zero attached hydrogens (tertiary/aromatic N) is 4. The van der Waals surface area contributed by atoms with Crippen molar-refractivity contribution in [3.8, 4) is 28.5 Å². The van der Waals surface area contributed by atoms with Crippen LogP contribution in [-0.4, -0.2) is 37.8 Å². The molecule has 6 aromatic carbocycles. The molecule has 0 amide bonds. The normalized spacial score (nSPS) is 17.0. The fourth-order valence-electron chi connectivity index (χ4n) is 7.88. The van der Waals surface area contributed by atoms with Gasteiger partial charge in [-0.2, -0.15) is 9.97 Å². The summed E-state index contributed by atoms with van der Waals surface area (Å²) in [6, 6.07) is 47.7. The van der Waals surface area contributed by atoms with Gasteiger partial charge in [-0.15, -0.1) is 0 Å². The van der Waals surface area contributed by atoms with Gasteiger partial charge in [-0.3, -0.25) is 0 Å². The van der Waals surface area contributed by atoms with Gasteiger partial charge in [0, 0.05) is 33.7 Å². The maximum Gasteiger partial charge on any atom is 0.494 e. The van der Waals surface area contributed by atoms with E-state index in [-0.39, 0.29) is 5.28 Å². The molecule has 0 spiro atoms. The van der Waals surface area contributed by atoms with Gasteiger partial charge < -0.3 is 18.3 Å². The molecule has 1 atom stereocenters. The molecule has 0 bridgehead atoms. The van der Waals surface area contributed by atoms with Gasteiger partial charge in [0.05, 0.1) is 33.3 Å². The van der Waals surface area contributed by atoms with Crippen molar-refractivity contribution in [1.29, 1.82) is 0 Å². The zero-order chi connectivity index (χ0) is 36.6. The van der Waals surface area contributed by atoms with Gasteiger partial charge >= 0.3 is 7.12 Å². The molecule has 9 aromatic rings. The van der Waals surface area contributed by atoms with Crippen LogP contribution in [0.1, 0.15) is 26.3 Å². The van der Waals surface area contributed by atoms with E-state index in [1.165, 1.54) is 10.8 Å². The lowest BCUT2D eigenvalue weighted by Crippen LogP contribution is -2.46. The lowest BCUT2D eigenvalue weighted by molar-refractivity contribution is -0.00876. The molecule has 1 unspecified atom stereocenters. The Balaban J connectivity index is 0.948. The van der Waals surface area contributed by atoms with Crippen molar-refractivity contribution < 1.29 is 13.7 Å². The lowest BCUT2D eigenvalue weighted by Gasteiger charge is -2.36. The highest BCUT2D eigenvalue weighted by molar-refractivity contribution is 6.62. The van der Waals surface area contributed by atoms with E-state index in [2.05, 4.69) is 126 Å². The topological polar surface area (TPSA) is 75.2 Å². The Kier molecular flexibility index (Phi) is 7.53. The SMILES string of the molecule is CC1(C)OB(c2ccc3c(c2)oc2cccc(-n4c5ccccc5c5ccccc54)c23)OC1(C)Cc1ccc(-c2nc(Cl)nc(-c3ccccc3)n2)cc1.